The Labute approximate surface area is 101 Å². The molecule has 0 nitrogen and oxygen atoms in total. The molecule has 1 rings (SSSR count). The summed E-state index contributed by atoms with van der Waals surface area (Å²) in [6.45, 7) is 0. The second-order valence-corrected chi connectivity index (χ2v) is 5.06. The molecule has 12 heavy (non-hydrogen) atoms. The molecule has 66 valence electrons. The third-order valence-corrected chi connectivity index (χ3v) is 5.20. The minimum atomic E-state index is -0.664. The summed E-state index contributed by atoms with van der Waals surface area (Å²) in [5, 5.41) is 0. The first kappa shape index (κ1) is 11.1. The zero-order chi connectivity index (χ0) is 9.46. The Hall–Kier alpha value is 1.000. The van der Waals surface area contributed by atoms with Gasteiger partial charge in [0.2, 0.25) is 0 Å². The van der Waals surface area contributed by atoms with E-state index < -0.39 is 11.6 Å². The van der Waals surface area contributed by atoms with E-state index in [1.807, 2.05) is 0 Å². The largest absolute Gasteiger partial charge is 0.204 e. The molecule has 0 aliphatic rings. The number of benzene rings is 1. The van der Waals surface area contributed by atoms with Crippen LogP contribution in [-0.4, -0.2) is 0 Å². The summed E-state index contributed by atoms with van der Waals surface area (Å²) in [4.78, 5) is 0. The molecule has 6 heteroatoms. The van der Waals surface area contributed by atoms with Crippen LogP contribution >= 0.6 is 63.7 Å². The van der Waals surface area contributed by atoms with Gasteiger partial charge in [0.25, 0.3) is 0 Å². The summed E-state index contributed by atoms with van der Waals surface area (Å²) in [7, 11) is 0. The highest BCUT2D eigenvalue weighted by atomic mass is 79.9. The maximum Gasteiger partial charge on any atom is 0.155 e. The van der Waals surface area contributed by atoms with Crippen LogP contribution < -0.4 is 0 Å². The maximum atomic E-state index is 13.0. The SMILES string of the molecule is Fc1c(Br)c(F)c(Br)c(Br)c1Br. The fraction of sp³-hybridized carbons (Fsp3) is 0. The molecule has 0 aliphatic carbocycles. The Balaban J connectivity index is 3.60. The van der Waals surface area contributed by atoms with Gasteiger partial charge in [-0.25, -0.2) is 8.78 Å². The first-order valence-electron chi connectivity index (χ1n) is 2.63. The van der Waals surface area contributed by atoms with E-state index in [0.717, 1.165) is 0 Å². The van der Waals surface area contributed by atoms with Gasteiger partial charge in [-0.3, -0.25) is 0 Å². The Morgan fingerprint density at radius 2 is 0.917 bits per heavy atom. The van der Waals surface area contributed by atoms with Crippen LogP contribution in [0.25, 0.3) is 0 Å². The topological polar surface area (TPSA) is 0 Å². The predicted octanol–water partition coefficient (Wildman–Crippen LogP) is 5.01. The average molecular weight is 430 g/mol. The summed E-state index contributed by atoms with van der Waals surface area (Å²) < 4.78 is 26.6. The van der Waals surface area contributed by atoms with Crippen molar-refractivity contribution >= 4 is 63.7 Å². The lowest BCUT2D eigenvalue weighted by atomic mass is 10.3. The lowest BCUT2D eigenvalue weighted by Crippen LogP contribution is -1.90. The van der Waals surface area contributed by atoms with Gasteiger partial charge in [-0.05, 0) is 63.7 Å². The molecule has 0 amide bonds. The van der Waals surface area contributed by atoms with Crippen LogP contribution in [0.4, 0.5) is 8.78 Å². The summed E-state index contributed by atoms with van der Waals surface area (Å²) in [5.74, 6) is -1.33. The van der Waals surface area contributed by atoms with Gasteiger partial charge in [-0.15, -0.1) is 0 Å². The standard InChI is InChI=1S/C6Br4F2/c7-1-2(8)5(11)4(10)6(12)3(1)9. The summed E-state index contributed by atoms with van der Waals surface area (Å²) >= 11 is 11.7. The van der Waals surface area contributed by atoms with Gasteiger partial charge in [0.15, 0.2) is 11.6 Å². The molecule has 0 aromatic heterocycles. The molecule has 0 saturated heterocycles. The molecule has 0 spiro atoms. The monoisotopic (exact) mass is 426 g/mol. The zero-order valence-electron chi connectivity index (χ0n) is 5.27. The lowest BCUT2D eigenvalue weighted by Gasteiger charge is -2.05. The fourth-order valence-electron chi connectivity index (χ4n) is 0.578. The highest BCUT2D eigenvalue weighted by Gasteiger charge is 2.18. The summed E-state index contributed by atoms with van der Waals surface area (Å²) in [5.41, 5.74) is 0. The molecule has 0 atom stereocenters. The molecule has 0 unspecified atom stereocenters. The van der Waals surface area contributed by atoms with E-state index in [1.54, 1.807) is 0 Å². The lowest BCUT2D eigenvalue weighted by molar-refractivity contribution is 0.561. The van der Waals surface area contributed by atoms with Gasteiger partial charge in [-0.1, -0.05) is 0 Å². The van der Waals surface area contributed by atoms with Crippen molar-refractivity contribution in [2.24, 2.45) is 0 Å². The summed E-state index contributed by atoms with van der Waals surface area (Å²) in [6.07, 6.45) is 0. The van der Waals surface area contributed by atoms with Gasteiger partial charge >= 0.3 is 0 Å². The van der Waals surface area contributed by atoms with Gasteiger partial charge in [0.1, 0.15) is 0 Å². The van der Waals surface area contributed by atoms with Crippen LogP contribution in [0, 0.1) is 11.6 Å². The van der Waals surface area contributed by atoms with Gasteiger partial charge in [0.05, 0.1) is 17.9 Å². The normalized spacial score (nSPS) is 10.5. The molecule has 0 bridgehead atoms. The Morgan fingerprint density at radius 3 is 1.25 bits per heavy atom. The molecular weight excluding hydrogens is 430 g/mol. The van der Waals surface area contributed by atoms with Crippen molar-refractivity contribution in [3.05, 3.63) is 29.5 Å². The van der Waals surface area contributed by atoms with Crippen molar-refractivity contribution in [2.75, 3.05) is 0 Å². The Morgan fingerprint density at radius 1 is 0.583 bits per heavy atom. The molecular formula is C6Br4F2. The van der Waals surface area contributed by atoms with E-state index in [-0.39, 0.29) is 13.4 Å². The zero-order valence-corrected chi connectivity index (χ0v) is 11.6. The Kier molecular flexibility index (Phi) is 3.71. The molecule has 1 aromatic rings. The Bertz CT molecular complexity index is 232. The van der Waals surface area contributed by atoms with Crippen molar-refractivity contribution in [3.63, 3.8) is 0 Å². The van der Waals surface area contributed by atoms with Crippen LogP contribution in [0.2, 0.25) is 0 Å². The van der Waals surface area contributed by atoms with E-state index in [2.05, 4.69) is 63.7 Å². The average Bonchev–Trinajstić information content (AvgIpc) is 2.08. The molecule has 0 aliphatic heterocycles. The van der Waals surface area contributed by atoms with Crippen molar-refractivity contribution in [1.29, 1.82) is 0 Å². The third kappa shape index (κ3) is 1.76. The van der Waals surface area contributed by atoms with Crippen LogP contribution in [-0.2, 0) is 0 Å². The van der Waals surface area contributed by atoms with Crippen molar-refractivity contribution in [1.82, 2.24) is 0 Å². The van der Waals surface area contributed by atoms with E-state index in [0.29, 0.717) is 4.47 Å². The molecule has 0 radical (unpaired) electrons. The van der Waals surface area contributed by atoms with Crippen molar-refractivity contribution in [3.8, 4) is 0 Å². The number of rotatable bonds is 0. The van der Waals surface area contributed by atoms with E-state index in [4.69, 9.17) is 0 Å². The van der Waals surface area contributed by atoms with Crippen LogP contribution in [0.3, 0.4) is 0 Å². The maximum absolute atomic E-state index is 13.0. The van der Waals surface area contributed by atoms with Crippen molar-refractivity contribution < 1.29 is 8.78 Å². The van der Waals surface area contributed by atoms with Crippen LogP contribution in [0.1, 0.15) is 0 Å². The minimum absolute atomic E-state index is 0.183. The quantitative estimate of drug-likeness (QED) is 0.401. The van der Waals surface area contributed by atoms with Gasteiger partial charge in [0, 0.05) is 0 Å². The highest BCUT2D eigenvalue weighted by Crippen LogP contribution is 2.39. The predicted molar refractivity (Wildman–Crippen MR) is 57.2 cm³/mol. The van der Waals surface area contributed by atoms with Crippen molar-refractivity contribution in [2.45, 2.75) is 0 Å². The van der Waals surface area contributed by atoms with Crippen LogP contribution in [0.5, 0.6) is 0 Å². The van der Waals surface area contributed by atoms with Gasteiger partial charge in [-0.2, -0.15) is 0 Å². The van der Waals surface area contributed by atoms with E-state index in [1.165, 1.54) is 0 Å². The number of hydrogen-bond donors (Lipinski definition) is 0. The summed E-state index contributed by atoms with van der Waals surface area (Å²) in [6, 6.07) is 0. The molecule has 0 saturated carbocycles. The first-order valence-corrected chi connectivity index (χ1v) is 5.81. The van der Waals surface area contributed by atoms with Gasteiger partial charge < -0.3 is 0 Å². The second-order valence-electron chi connectivity index (χ2n) is 1.88. The first-order chi connectivity index (χ1) is 5.46. The molecule has 0 N–H and O–H groups in total. The number of hydrogen-bond acceptors (Lipinski definition) is 0. The number of halogens is 6. The molecule has 0 heterocycles. The molecule has 0 fully saturated rings. The van der Waals surface area contributed by atoms with Crippen LogP contribution in [0.15, 0.2) is 17.9 Å². The third-order valence-electron chi connectivity index (χ3n) is 1.16. The second kappa shape index (κ2) is 4.02. The van der Waals surface area contributed by atoms with E-state index >= 15 is 0 Å². The smallest absolute Gasteiger partial charge is 0.155 e. The fourth-order valence-corrected chi connectivity index (χ4v) is 2.91. The minimum Gasteiger partial charge on any atom is -0.204 e. The highest BCUT2D eigenvalue weighted by molar-refractivity contribution is 9.14. The van der Waals surface area contributed by atoms with E-state index in [9.17, 15) is 8.78 Å². The molecule has 1 aromatic carbocycles.